The zero-order valence-corrected chi connectivity index (χ0v) is 12.1. The van der Waals surface area contributed by atoms with Crippen molar-refractivity contribution in [2.75, 3.05) is 5.32 Å². The number of nitrogens with one attached hydrogen (secondary N) is 1. The smallest absolute Gasteiger partial charge is 0.0416 e. The van der Waals surface area contributed by atoms with Crippen LogP contribution in [-0.2, 0) is 13.0 Å². The highest BCUT2D eigenvalue weighted by Crippen LogP contribution is 2.18. The Balaban J connectivity index is 2.06. The van der Waals surface area contributed by atoms with Gasteiger partial charge in [0.05, 0.1) is 0 Å². The van der Waals surface area contributed by atoms with Crippen molar-refractivity contribution in [3.05, 3.63) is 58.3 Å². The molecule has 0 bridgehead atoms. The topological polar surface area (TPSA) is 24.9 Å². The summed E-state index contributed by atoms with van der Waals surface area (Å²) in [6.45, 7) is 3.00. The molecule has 0 saturated heterocycles. The first-order valence-corrected chi connectivity index (χ1v) is 7.00. The van der Waals surface area contributed by atoms with Gasteiger partial charge in [-0.05, 0) is 45.6 Å². The molecule has 1 aromatic heterocycles. The van der Waals surface area contributed by atoms with Gasteiger partial charge in [-0.1, -0.05) is 31.5 Å². The number of aromatic nitrogens is 1. The third kappa shape index (κ3) is 3.57. The molecule has 0 aliphatic rings. The van der Waals surface area contributed by atoms with Crippen molar-refractivity contribution in [3.63, 3.8) is 0 Å². The van der Waals surface area contributed by atoms with Gasteiger partial charge in [-0.25, -0.2) is 0 Å². The second kappa shape index (κ2) is 6.55. The number of benzene rings is 1. The zero-order chi connectivity index (χ0) is 12.8. The normalized spacial score (nSPS) is 10.3. The lowest BCUT2D eigenvalue weighted by molar-refractivity contribution is 0.919. The van der Waals surface area contributed by atoms with E-state index in [1.165, 1.54) is 16.8 Å². The maximum Gasteiger partial charge on any atom is 0.0416 e. The highest BCUT2D eigenvalue weighted by atomic mass is 79.9. The Bertz CT molecular complexity index is 511. The summed E-state index contributed by atoms with van der Waals surface area (Å²) < 4.78 is 1.02. The number of pyridine rings is 1. The molecule has 94 valence electrons. The van der Waals surface area contributed by atoms with Gasteiger partial charge in [-0.15, -0.1) is 0 Å². The second-order valence-corrected chi connectivity index (χ2v) is 5.19. The van der Waals surface area contributed by atoms with Gasteiger partial charge in [0.25, 0.3) is 0 Å². The van der Waals surface area contributed by atoms with Gasteiger partial charge in [0.1, 0.15) is 0 Å². The Morgan fingerprint density at radius 1 is 1.22 bits per heavy atom. The molecule has 2 nitrogen and oxygen atoms in total. The van der Waals surface area contributed by atoms with E-state index < -0.39 is 0 Å². The molecule has 0 aliphatic heterocycles. The molecular weight excluding hydrogens is 288 g/mol. The molecular formula is C15H17BrN2. The van der Waals surface area contributed by atoms with Crippen LogP contribution in [0.2, 0.25) is 0 Å². The lowest BCUT2D eigenvalue weighted by Gasteiger charge is -2.11. The van der Waals surface area contributed by atoms with Crippen molar-refractivity contribution >= 4 is 21.6 Å². The van der Waals surface area contributed by atoms with Gasteiger partial charge >= 0.3 is 0 Å². The van der Waals surface area contributed by atoms with Crippen LogP contribution in [0.25, 0.3) is 0 Å². The van der Waals surface area contributed by atoms with Crippen molar-refractivity contribution in [3.8, 4) is 0 Å². The number of rotatable bonds is 5. The third-order valence-electron chi connectivity index (χ3n) is 2.78. The number of aryl methyl sites for hydroxylation is 1. The highest BCUT2D eigenvalue weighted by molar-refractivity contribution is 9.10. The number of hydrogen-bond donors (Lipinski definition) is 1. The first kappa shape index (κ1) is 13.1. The van der Waals surface area contributed by atoms with E-state index in [0.717, 1.165) is 23.9 Å². The minimum absolute atomic E-state index is 0.799. The van der Waals surface area contributed by atoms with E-state index in [1.807, 2.05) is 6.20 Å². The molecule has 0 aliphatic carbocycles. The van der Waals surface area contributed by atoms with Crippen LogP contribution in [0.1, 0.15) is 24.5 Å². The maximum absolute atomic E-state index is 4.17. The van der Waals surface area contributed by atoms with Gasteiger partial charge in [0.15, 0.2) is 0 Å². The minimum Gasteiger partial charge on any atom is -0.381 e. The van der Waals surface area contributed by atoms with E-state index in [0.29, 0.717) is 0 Å². The largest absolute Gasteiger partial charge is 0.381 e. The lowest BCUT2D eigenvalue weighted by atomic mass is 10.1. The maximum atomic E-state index is 4.17. The van der Waals surface area contributed by atoms with E-state index >= 15 is 0 Å². The molecule has 0 spiro atoms. The van der Waals surface area contributed by atoms with Crippen LogP contribution in [0, 0.1) is 0 Å². The Kier molecular flexibility index (Phi) is 4.76. The monoisotopic (exact) mass is 304 g/mol. The number of halogens is 1. The summed E-state index contributed by atoms with van der Waals surface area (Å²) >= 11 is 3.44. The predicted octanol–water partition coefficient (Wildman–Crippen LogP) is 4.41. The zero-order valence-electron chi connectivity index (χ0n) is 10.5. The molecule has 2 aromatic rings. The Labute approximate surface area is 117 Å². The minimum atomic E-state index is 0.799. The van der Waals surface area contributed by atoms with Crippen molar-refractivity contribution < 1.29 is 0 Å². The van der Waals surface area contributed by atoms with E-state index in [2.05, 4.69) is 63.5 Å². The van der Waals surface area contributed by atoms with E-state index in [9.17, 15) is 0 Å². The van der Waals surface area contributed by atoms with Gasteiger partial charge in [0.2, 0.25) is 0 Å². The number of hydrogen-bond acceptors (Lipinski definition) is 2. The Hall–Kier alpha value is -1.35. The fourth-order valence-electron chi connectivity index (χ4n) is 1.93. The number of anilines is 1. The van der Waals surface area contributed by atoms with Crippen molar-refractivity contribution in [2.24, 2.45) is 0 Å². The van der Waals surface area contributed by atoms with E-state index in [-0.39, 0.29) is 0 Å². The number of para-hydroxylation sites is 1. The van der Waals surface area contributed by atoms with Crippen LogP contribution in [0.4, 0.5) is 5.69 Å². The average molecular weight is 305 g/mol. The summed E-state index contributed by atoms with van der Waals surface area (Å²) in [4.78, 5) is 4.17. The fourth-order valence-corrected chi connectivity index (χ4v) is 2.34. The standard InChI is InChI=1S/C15H17BrN2/c1-2-5-13-6-3-4-7-15(13)18-10-12-8-14(16)11-17-9-12/h3-4,6-9,11,18H,2,5,10H2,1H3. The molecule has 0 unspecified atom stereocenters. The molecule has 0 radical (unpaired) electrons. The second-order valence-electron chi connectivity index (χ2n) is 4.27. The summed E-state index contributed by atoms with van der Waals surface area (Å²) in [6, 6.07) is 10.6. The molecule has 3 heteroatoms. The number of nitrogens with zero attached hydrogens (tertiary/aromatic N) is 1. The third-order valence-corrected chi connectivity index (χ3v) is 3.21. The Morgan fingerprint density at radius 2 is 2.06 bits per heavy atom. The van der Waals surface area contributed by atoms with Crippen LogP contribution < -0.4 is 5.32 Å². The predicted molar refractivity (Wildman–Crippen MR) is 79.7 cm³/mol. The molecule has 2 rings (SSSR count). The summed E-state index contributed by atoms with van der Waals surface area (Å²) in [5.41, 5.74) is 3.78. The SMILES string of the molecule is CCCc1ccccc1NCc1cncc(Br)c1. The summed E-state index contributed by atoms with van der Waals surface area (Å²) in [5, 5.41) is 3.48. The summed E-state index contributed by atoms with van der Waals surface area (Å²) in [6.07, 6.45) is 5.96. The van der Waals surface area contributed by atoms with Gasteiger partial charge in [-0.2, -0.15) is 0 Å². The van der Waals surface area contributed by atoms with Crippen molar-refractivity contribution in [1.29, 1.82) is 0 Å². The first-order valence-electron chi connectivity index (χ1n) is 6.21. The Morgan fingerprint density at radius 3 is 2.83 bits per heavy atom. The van der Waals surface area contributed by atoms with Crippen LogP contribution in [0.15, 0.2) is 47.2 Å². The summed E-state index contributed by atoms with van der Waals surface area (Å²) in [5.74, 6) is 0. The van der Waals surface area contributed by atoms with Crippen molar-refractivity contribution in [1.82, 2.24) is 4.98 Å². The van der Waals surface area contributed by atoms with Gasteiger partial charge < -0.3 is 5.32 Å². The molecule has 1 N–H and O–H groups in total. The molecule has 0 saturated carbocycles. The summed E-state index contributed by atoms with van der Waals surface area (Å²) in [7, 11) is 0. The molecule has 0 atom stereocenters. The average Bonchev–Trinajstić information content (AvgIpc) is 2.38. The van der Waals surface area contributed by atoms with Crippen LogP contribution >= 0.6 is 15.9 Å². The molecule has 1 aromatic carbocycles. The molecule has 0 fully saturated rings. The molecule has 18 heavy (non-hydrogen) atoms. The fraction of sp³-hybridized carbons (Fsp3) is 0.267. The van der Waals surface area contributed by atoms with E-state index in [1.54, 1.807) is 6.20 Å². The van der Waals surface area contributed by atoms with Crippen molar-refractivity contribution in [2.45, 2.75) is 26.3 Å². The quantitative estimate of drug-likeness (QED) is 0.885. The molecule has 1 heterocycles. The highest BCUT2D eigenvalue weighted by Gasteiger charge is 2.01. The van der Waals surface area contributed by atoms with Gasteiger partial charge in [-0.3, -0.25) is 4.98 Å². The first-order chi connectivity index (χ1) is 8.79. The lowest BCUT2D eigenvalue weighted by Crippen LogP contribution is -2.02. The van der Waals surface area contributed by atoms with Crippen LogP contribution in [0.3, 0.4) is 0 Å². The van der Waals surface area contributed by atoms with E-state index in [4.69, 9.17) is 0 Å². The van der Waals surface area contributed by atoms with Crippen LogP contribution in [-0.4, -0.2) is 4.98 Å². The van der Waals surface area contributed by atoms with Crippen LogP contribution in [0.5, 0.6) is 0 Å². The molecule has 0 amide bonds. The van der Waals surface area contributed by atoms with Gasteiger partial charge in [0, 0.05) is 29.1 Å².